The fourth-order valence-electron chi connectivity index (χ4n) is 6.06. The van der Waals surface area contributed by atoms with Crippen molar-refractivity contribution < 1.29 is 29.1 Å². The molecule has 3 N–H and O–H groups in total. The Hall–Kier alpha value is -2.62. The molecule has 6 amide bonds. The summed E-state index contributed by atoms with van der Waals surface area (Å²) in [6, 6.07) is 3.00. The third kappa shape index (κ3) is 2.60. The van der Waals surface area contributed by atoms with Crippen LogP contribution in [0, 0.1) is 17.8 Å². The van der Waals surface area contributed by atoms with Crippen LogP contribution in [-0.2, 0) is 19.2 Å². The van der Waals surface area contributed by atoms with Crippen molar-refractivity contribution in [2.24, 2.45) is 23.5 Å². The summed E-state index contributed by atoms with van der Waals surface area (Å²) in [5, 5.41) is 11.0. The molecule has 1 saturated carbocycles. The number of rotatable bonds is 1. The van der Waals surface area contributed by atoms with Crippen molar-refractivity contribution in [3.63, 3.8) is 0 Å². The Morgan fingerprint density at radius 2 is 1.79 bits per heavy atom. The highest BCUT2D eigenvalue weighted by Gasteiger charge is 2.76. The van der Waals surface area contributed by atoms with E-state index in [4.69, 9.17) is 40.5 Å². The van der Waals surface area contributed by atoms with Gasteiger partial charge in [-0.15, -0.1) is 23.2 Å². The number of nitrogens with zero attached hydrogens (tertiary/aromatic N) is 2. The molecule has 0 spiro atoms. The molecule has 2 heterocycles. The van der Waals surface area contributed by atoms with Crippen LogP contribution in [-0.4, -0.2) is 61.4 Å². The lowest BCUT2D eigenvalue weighted by Gasteiger charge is -2.50. The number of allylic oxidation sites excluding steroid dienone is 2. The van der Waals surface area contributed by atoms with Gasteiger partial charge in [0.05, 0.1) is 11.8 Å². The van der Waals surface area contributed by atoms with Gasteiger partial charge in [-0.05, 0) is 37.0 Å². The molecule has 4 aliphatic rings. The minimum Gasteiger partial charge on any atom is -0.508 e. The molecule has 9 nitrogen and oxygen atoms in total. The molecule has 1 aromatic rings. The molecule has 1 aromatic carbocycles. The second kappa shape index (κ2) is 7.19. The minimum absolute atomic E-state index is 0.0723. The average Bonchev–Trinajstić information content (AvgIpc) is 3.11. The fraction of sp³-hybridized carbons (Fsp3) is 0.409. The maximum Gasteiger partial charge on any atom is 0.328 e. The molecule has 0 radical (unpaired) electrons. The summed E-state index contributed by atoms with van der Waals surface area (Å²) in [6.07, 6.45) is 1.51. The summed E-state index contributed by atoms with van der Waals surface area (Å²) in [7, 11) is 1.26. The number of amides is 6. The normalized spacial score (nSPS) is 36.9. The van der Waals surface area contributed by atoms with Crippen LogP contribution in [0.4, 0.5) is 4.79 Å². The van der Waals surface area contributed by atoms with Crippen molar-refractivity contribution in [2.75, 3.05) is 7.05 Å². The topological polar surface area (TPSA) is 138 Å². The monoisotopic (exact) mass is 525 g/mol. The number of phenolic OH excluding ortho intramolecular Hbond substituents is 1. The molecule has 3 fully saturated rings. The number of aromatic hydroxyl groups is 1. The van der Waals surface area contributed by atoms with Crippen molar-refractivity contribution in [1.29, 1.82) is 0 Å². The summed E-state index contributed by atoms with van der Waals surface area (Å²) in [6.45, 7) is 0. The minimum atomic E-state index is -2.03. The number of imide groups is 4. The van der Waals surface area contributed by atoms with Gasteiger partial charge in [0.25, 0.3) is 11.8 Å². The highest BCUT2D eigenvalue weighted by molar-refractivity contribution is 6.53. The summed E-state index contributed by atoms with van der Waals surface area (Å²) in [5.74, 6) is -7.15. The number of hydrogen-bond donors (Lipinski definition) is 2. The Labute approximate surface area is 208 Å². The van der Waals surface area contributed by atoms with Gasteiger partial charge in [0.15, 0.2) is 9.75 Å². The molecule has 178 valence electrons. The molecule has 6 unspecified atom stereocenters. The standard InChI is InChI=1S/C22H18Cl3N3O6/c1-27-18(32)21(24)7-12-9(3-4-10-14(12)17(31)28(16(10)30)20(26)34)15(22(21,25)19(27)33)11-6-8(23)2-5-13(11)29/h2-3,5-6,10,12,14-15,29H,4,7H2,1H3,(H2,26,34). The second-order valence-corrected chi connectivity index (χ2v) is 10.7. The predicted molar refractivity (Wildman–Crippen MR) is 120 cm³/mol. The Kier molecular flexibility index (Phi) is 4.89. The van der Waals surface area contributed by atoms with E-state index in [0.29, 0.717) is 10.5 Å². The third-order valence-corrected chi connectivity index (χ3v) is 9.18. The molecule has 2 aliphatic carbocycles. The molecule has 0 bridgehead atoms. The van der Waals surface area contributed by atoms with Crippen LogP contribution >= 0.6 is 34.8 Å². The zero-order valence-corrected chi connectivity index (χ0v) is 19.9. The van der Waals surface area contributed by atoms with Crippen LogP contribution in [0.15, 0.2) is 29.8 Å². The zero-order chi connectivity index (χ0) is 24.9. The van der Waals surface area contributed by atoms with Crippen LogP contribution in [0.3, 0.4) is 0 Å². The number of fused-ring (bicyclic) bond motifs is 4. The lowest BCUT2D eigenvalue weighted by atomic mass is 9.56. The van der Waals surface area contributed by atoms with Gasteiger partial charge >= 0.3 is 6.03 Å². The second-order valence-electron chi connectivity index (χ2n) is 9.05. The van der Waals surface area contributed by atoms with Crippen LogP contribution in [0.5, 0.6) is 5.75 Å². The van der Waals surface area contributed by atoms with Gasteiger partial charge in [-0.1, -0.05) is 23.3 Å². The summed E-state index contributed by atoms with van der Waals surface area (Å²) >= 11 is 20.1. The third-order valence-electron chi connectivity index (χ3n) is 7.54. The van der Waals surface area contributed by atoms with Gasteiger partial charge in [0.2, 0.25) is 11.8 Å². The van der Waals surface area contributed by atoms with E-state index in [1.54, 1.807) is 6.08 Å². The van der Waals surface area contributed by atoms with Crippen molar-refractivity contribution in [2.45, 2.75) is 28.5 Å². The Morgan fingerprint density at radius 1 is 1.12 bits per heavy atom. The van der Waals surface area contributed by atoms with E-state index in [2.05, 4.69) is 0 Å². The van der Waals surface area contributed by atoms with E-state index in [0.717, 1.165) is 4.90 Å². The number of phenols is 1. The van der Waals surface area contributed by atoms with Crippen molar-refractivity contribution in [3.8, 4) is 5.75 Å². The summed E-state index contributed by atoms with van der Waals surface area (Å²) in [4.78, 5) is 61.6. The zero-order valence-electron chi connectivity index (χ0n) is 17.6. The molecule has 5 rings (SSSR count). The van der Waals surface area contributed by atoms with Crippen LogP contribution in [0.25, 0.3) is 0 Å². The molecule has 2 saturated heterocycles. The van der Waals surface area contributed by atoms with Crippen LogP contribution in [0.1, 0.15) is 24.3 Å². The number of alkyl halides is 2. The maximum atomic E-state index is 13.4. The van der Waals surface area contributed by atoms with Gasteiger partial charge in [-0.25, -0.2) is 4.79 Å². The first-order valence-corrected chi connectivity index (χ1v) is 11.6. The van der Waals surface area contributed by atoms with Crippen LogP contribution in [0.2, 0.25) is 5.02 Å². The SMILES string of the molecule is CN1C(=O)C2(Cl)CC3C(=CCC4C(=O)N(C(N)=O)C(=O)C43)C(c3cc(Cl)ccc3O)C2(Cl)C1=O. The van der Waals surface area contributed by atoms with Gasteiger partial charge < -0.3 is 10.8 Å². The van der Waals surface area contributed by atoms with Gasteiger partial charge in [0.1, 0.15) is 5.75 Å². The molecule has 34 heavy (non-hydrogen) atoms. The number of nitrogens with two attached hydrogens (primary N) is 1. The number of halogens is 3. The molecular formula is C22H18Cl3N3O6. The number of urea groups is 1. The number of carbonyl (C=O) groups is 5. The molecule has 6 atom stereocenters. The Morgan fingerprint density at radius 3 is 2.44 bits per heavy atom. The van der Waals surface area contributed by atoms with Crippen LogP contribution < -0.4 is 5.73 Å². The average molecular weight is 527 g/mol. The molecular weight excluding hydrogens is 509 g/mol. The lowest BCUT2D eigenvalue weighted by Crippen LogP contribution is -2.60. The van der Waals surface area contributed by atoms with Crippen molar-refractivity contribution in [1.82, 2.24) is 9.80 Å². The van der Waals surface area contributed by atoms with Gasteiger partial charge in [-0.3, -0.25) is 24.1 Å². The van der Waals surface area contributed by atoms with E-state index >= 15 is 0 Å². The highest BCUT2D eigenvalue weighted by Crippen LogP contribution is 2.66. The molecule has 0 aromatic heterocycles. The smallest absolute Gasteiger partial charge is 0.328 e. The van der Waals surface area contributed by atoms with E-state index in [9.17, 15) is 29.1 Å². The Bertz CT molecular complexity index is 1250. The van der Waals surface area contributed by atoms with Gasteiger partial charge in [-0.2, -0.15) is 4.90 Å². The van der Waals surface area contributed by atoms with E-state index in [-0.39, 0.29) is 29.2 Å². The fourth-order valence-corrected chi connectivity index (χ4v) is 7.26. The van der Waals surface area contributed by atoms with Crippen molar-refractivity contribution in [3.05, 3.63) is 40.4 Å². The number of benzene rings is 1. The highest BCUT2D eigenvalue weighted by atomic mass is 35.5. The quantitative estimate of drug-likeness (QED) is 0.327. The summed E-state index contributed by atoms with van der Waals surface area (Å²) in [5.41, 5.74) is 5.90. The lowest BCUT2D eigenvalue weighted by molar-refractivity contribution is -0.139. The first-order chi connectivity index (χ1) is 15.9. The molecule has 12 heteroatoms. The van der Waals surface area contributed by atoms with E-state index < -0.39 is 63.1 Å². The van der Waals surface area contributed by atoms with Crippen molar-refractivity contribution >= 4 is 64.5 Å². The number of hydrogen-bond acceptors (Lipinski definition) is 6. The van der Waals surface area contributed by atoms with E-state index in [1.165, 1.54) is 25.2 Å². The molecule has 2 aliphatic heterocycles. The predicted octanol–water partition coefficient (Wildman–Crippen LogP) is 2.11. The first-order valence-electron chi connectivity index (χ1n) is 10.4. The maximum absolute atomic E-state index is 13.4. The largest absolute Gasteiger partial charge is 0.508 e. The van der Waals surface area contributed by atoms with Gasteiger partial charge in [0, 0.05) is 23.6 Å². The number of likely N-dealkylation sites (tertiary alicyclic amines) is 2. The number of primary amides is 1. The number of carbonyl (C=O) groups excluding carboxylic acids is 5. The Balaban J connectivity index is 1.76. The first kappa shape index (κ1) is 23.1. The summed E-state index contributed by atoms with van der Waals surface area (Å²) < 4.78 is 0. The van der Waals surface area contributed by atoms with E-state index in [1.807, 2.05) is 0 Å².